The summed E-state index contributed by atoms with van der Waals surface area (Å²) in [6.45, 7) is 6.53. The first-order chi connectivity index (χ1) is 9.08. The van der Waals surface area contributed by atoms with Crippen LogP contribution in [-0.2, 0) is 0 Å². The Kier molecular flexibility index (Phi) is 3.94. The molecule has 0 saturated carbocycles. The van der Waals surface area contributed by atoms with Crippen molar-refractivity contribution in [3.8, 4) is 0 Å². The molecule has 0 radical (unpaired) electrons. The number of hydrogen-bond acceptors (Lipinski definition) is 4. The molecule has 4 nitrogen and oxygen atoms in total. The van der Waals surface area contributed by atoms with Crippen molar-refractivity contribution in [2.24, 2.45) is 0 Å². The molecule has 0 amide bonds. The highest BCUT2D eigenvalue weighted by atomic mass is 19.1. The van der Waals surface area contributed by atoms with Crippen LogP contribution in [0.4, 0.5) is 21.7 Å². The third kappa shape index (κ3) is 3.40. The van der Waals surface area contributed by atoms with Crippen LogP contribution in [0.15, 0.2) is 24.3 Å². The molecule has 5 heteroatoms. The van der Waals surface area contributed by atoms with Crippen molar-refractivity contribution in [3.63, 3.8) is 0 Å². The van der Waals surface area contributed by atoms with E-state index >= 15 is 0 Å². The number of nitrogens with one attached hydrogen (secondary N) is 2. The highest BCUT2D eigenvalue weighted by molar-refractivity contribution is 5.62. The molecule has 100 valence electrons. The minimum absolute atomic E-state index is 0.272. The van der Waals surface area contributed by atoms with Crippen molar-refractivity contribution < 1.29 is 4.39 Å². The predicted molar refractivity (Wildman–Crippen MR) is 75.4 cm³/mol. The van der Waals surface area contributed by atoms with Gasteiger partial charge in [-0.2, -0.15) is 0 Å². The second kappa shape index (κ2) is 5.65. The summed E-state index contributed by atoms with van der Waals surface area (Å²) >= 11 is 0. The molecule has 0 unspecified atom stereocenters. The second-order valence-electron chi connectivity index (χ2n) is 4.30. The van der Waals surface area contributed by atoms with Gasteiger partial charge < -0.3 is 10.6 Å². The first kappa shape index (κ1) is 13.3. The van der Waals surface area contributed by atoms with E-state index in [1.807, 2.05) is 20.8 Å². The first-order valence-electron chi connectivity index (χ1n) is 6.21. The maximum atomic E-state index is 13.2. The molecule has 1 aromatic heterocycles. The number of hydrogen-bond donors (Lipinski definition) is 2. The fraction of sp³-hybridized carbons (Fsp3) is 0.286. The summed E-state index contributed by atoms with van der Waals surface area (Å²) in [5.74, 6) is 1.80. The first-order valence-corrected chi connectivity index (χ1v) is 6.21. The molecule has 0 aliphatic rings. The van der Waals surface area contributed by atoms with E-state index in [0.717, 1.165) is 17.9 Å². The van der Waals surface area contributed by atoms with Gasteiger partial charge >= 0.3 is 0 Å². The zero-order valence-electron chi connectivity index (χ0n) is 11.3. The molecule has 2 N–H and O–H groups in total. The largest absolute Gasteiger partial charge is 0.370 e. The topological polar surface area (TPSA) is 49.8 Å². The highest BCUT2D eigenvalue weighted by Gasteiger charge is 2.05. The Morgan fingerprint density at radius 3 is 2.58 bits per heavy atom. The van der Waals surface area contributed by atoms with Crippen LogP contribution in [0.3, 0.4) is 0 Å². The lowest BCUT2D eigenvalue weighted by Crippen LogP contribution is -2.04. The van der Waals surface area contributed by atoms with Gasteiger partial charge in [-0.25, -0.2) is 14.4 Å². The van der Waals surface area contributed by atoms with Gasteiger partial charge in [0.1, 0.15) is 23.3 Å². The molecule has 2 rings (SSSR count). The Bertz CT molecular complexity index is 584. The SMILES string of the molecule is CCNc1cc(Nc2cc(F)ccc2C)nc(C)n1. The predicted octanol–water partition coefficient (Wildman–Crippen LogP) is 3.41. The zero-order valence-corrected chi connectivity index (χ0v) is 11.3. The molecule has 0 fully saturated rings. The number of benzene rings is 1. The molecule has 2 aromatic rings. The van der Waals surface area contributed by atoms with Crippen molar-refractivity contribution in [1.82, 2.24) is 9.97 Å². The molecule has 0 bridgehead atoms. The average molecular weight is 260 g/mol. The molecule has 0 atom stereocenters. The quantitative estimate of drug-likeness (QED) is 0.884. The molecule has 0 aliphatic heterocycles. The van der Waals surface area contributed by atoms with Gasteiger partial charge in [-0.15, -0.1) is 0 Å². The van der Waals surface area contributed by atoms with E-state index in [-0.39, 0.29) is 5.82 Å². The van der Waals surface area contributed by atoms with Crippen LogP contribution in [0.5, 0.6) is 0 Å². The van der Waals surface area contributed by atoms with Gasteiger partial charge in [-0.1, -0.05) is 6.07 Å². The molecule has 1 heterocycles. The maximum Gasteiger partial charge on any atom is 0.136 e. The highest BCUT2D eigenvalue weighted by Crippen LogP contribution is 2.21. The number of nitrogens with zero attached hydrogens (tertiary/aromatic N) is 2. The summed E-state index contributed by atoms with van der Waals surface area (Å²) < 4.78 is 13.2. The summed E-state index contributed by atoms with van der Waals surface area (Å²) in [5, 5.41) is 6.26. The number of aryl methyl sites for hydroxylation is 2. The van der Waals surface area contributed by atoms with Gasteiger partial charge in [0.2, 0.25) is 0 Å². The fourth-order valence-corrected chi connectivity index (χ4v) is 1.77. The van der Waals surface area contributed by atoms with Crippen molar-refractivity contribution in [2.75, 3.05) is 17.2 Å². The van der Waals surface area contributed by atoms with Crippen LogP contribution >= 0.6 is 0 Å². The van der Waals surface area contributed by atoms with E-state index in [4.69, 9.17) is 0 Å². The van der Waals surface area contributed by atoms with E-state index in [9.17, 15) is 4.39 Å². The van der Waals surface area contributed by atoms with Gasteiger partial charge in [0.05, 0.1) is 0 Å². The summed E-state index contributed by atoms with van der Waals surface area (Å²) in [5.41, 5.74) is 1.67. The van der Waals surface area contributed by atoms with E-state index in [2.05, 4.69) is 20.6 Å². The Labute approximate surface area is 112 Å². The summed E-state index contributed by atoms with van der Waals surface area (Å²) in [4.78, 5) is 8.57. The Morgan fingerprint density at radius 1 is 1.11 bits per heavy atom. The maximum absolute atomic E-state index is 13.2. The monoisotopic (exact) mass is 260 g/mol. The second-order valence-corrected chi connectivity index (χ2v) is 4.30. The third-order valence-corrected chi connectivity index (χ3v) is 2.66. The lowest BCUT2D eigenvalue weighted by molar-refractivity contribution is 0.628. The standard InChI is InChI=1S/C14H17FN4/c1-4-16-13-8-14(18-10(3)17-13)19-12-7-11(15)6-5-9(12)2/h5-8H,4H2,1-3H3,(H2,16,17,18,19). The van der Waals surface area contributed by atoms with E-state index in [1.54, 1.807) is 12.1 Å². The molecular weight excluding hydrogens is 243 g/mol. The number of aromatic nitrogens is 2. The molecule has 19 heavy (non-hydrogen) atoms. The Morgan fingerprint density at radius 2 is 1.84 bits per heavy atom. The van der Waals surface area contributed by atoms with Crippen LogP contribution < -0.4 is 10.6 Å². The minimum atomic E-state index is -0.272. The van der Waals surface area contributed by atoms with Gasteiger partial charge in [-0.3, -0.25) is 0 Å². The van der Waals surface area contributed by atoms with Gasteiger partial charge in [0, 0.05) is 18.3 Å². The van der Waals surface area contributed by atoms with Crippen LogP contribution in [0.2, 0.25) is 0 Å². The lowest BCUT2D eigenvalue weighted by Gasteiger charge is -2.11. The number of halogens is 1. The molecule has 0 spiro atoms. The normalized spacial score (nSPS) is 10.3. The molecular formula is C14H17FN4. The fourth-order valence-electron chi connectivity index (χ4n) is 1.77. The Balaban J connectivity index is 2.29. The van der Waals surface area contributed by atoms with Crippen LogP contribution in [0, 0.1) is 19.7 Å². The van der Waals surface area contributed by atoms with Crippen molar-refractivity contribution in [1.29, 1.82) is 0 Å². The van der Waals surface area contributed by atoms with E-state index < -0.39 is 0 Å². The van der Waals surface area contributed by atoms with Gasteiger partial charge in [-0.05, 0) is 38.5 Å². The van der Waals surface area contributed by atoms with Crippen LogP contribution in [0.1, 0.15) is 18.3 Å². The smallest absolute Gasteiger partial charge is 0.136 e. The molecule has 1 aromatic carbocycles. The number of anilines is 3. The summed E-state index contributed by atoms with van der Waals surface area (Å²) in [6.07, 6.45) is 0. The number of rotatable bonds is 4. The molecule has 0 aliphatic carbocycles. The van der Waals surface area contributed by atoms with Crippen LogP contribution in [0.25, 0.3) is 0 Å². The Hall–Kier alpha value is -2.17. The van der Waals surface area contributed by atoms with Crippen LogP contribution in [-0.4, -0.2) is 16.5 Å². The lowest BCUT2D eigenvalue weighted by atomic mass is 10.2. The minimum Gasteiger partial charge on any atom is -0.370 e. The van der Waals surface area contributed by atoms with E-state index in [1.165, 1.54) is 12.1 Å². The average Bonchev–Trinajstić information content (AvgIpc) is 2.33. The van der Waals surface area contributed by atoms with Gasteiger partial charge in [0.15, 0.2) is 0 Å². The third-order valence-electron chi connectivity index (χ3n) is 2.66. The summed E-state index contributed by atoms with van der Waals surface area (Å²) in [7, 11) is 0. The van der Waals surface area contributed by atoms with Gasteiger partial charge in [0.25, 0.3) is 0 Å². The van der Waals surface area contributed by atoms with Crippen molar-refractivity contribution in [3.05, 3.63) is 41.5 Å². The van der Waals surface area contributed by atoms with Crippen molar-refractivity contribution in [2.45, 2.75) is 20.8 Å². The van der Waals surface area contributed by atoms with Crippen molar-refractivity contribution >= 4 is 17.3 Å². The van der Waals surface area contributed by atoms with E-state index in [0.29, 0.717) is 17.3 Å². The zero-order chi connectivity index (χ0) is 13.8. The molecule has 0 saturated heterocycles. The summed E-state index contributed by atoms with van der Waals surface area (Å²) in [6, 6.07) is 6.44.